The third-order valence-electron chi connectivity index (χ3n) is 2.75. The lowest BCUT2D eigenvalue weighted by atomic mass is 10.3. The highest BCUT2D eigenvalue weighted by Crippen LogP contribution is 2.28. The van der Waals surface area contributed by atoms with E-state index in [-0.39, 0.29) is 10.7 Å². The molecule has 0 amide bonds. The molecule has 2 aromatic heterocycles. The van der Waals surface area contributed by atoms with Crippen LogP contribution in [0, 0.1) is 13.8 Å². The van der Waals surface area contributed by atoms with Crippen LogP contribution in [0.15, 0.2) is 33.7 Å². The lowest BCUT2D eigenvalue weighted by molar-refractivity contribution is 0.390. The van der Waals surface area contributed by atoms with Gasteiger partial charge in [-0.3, -0.25) is 4.72 Å². The van der Waals surface area contributed by atoms with E-state index in [1.54, 1.807) is 13.8 Å². The molecule has 0 aliphatic heterocycles. The second-order valence-electron chi connectivity index (χ2n) is 4.25. The van der Waals surface area contributed by atoms with Crippen LogP contribution in [0.5, 0.6) is 0 Å². The van der Waals surface area contributed by atoms with Crippen molar-refractivity contribution in [1.82, 2.24) is 10.1 Å². The van der Waals surface area contributed by atoms with Crippen molar-refractivity contribution in [3.05, 3.63) is 35.7 Å². The van der Waals surface area contributed by atoms with Crippen LogP contribution in [-0.2, 0) is 10.0 Å². The van der Waals surface area contributed by atoms with E-state index in [0.717, 1.165) is 10.2 Å². The van der Waals surface area contributed by atoms with E-state index in [0.29, 0.717) is 10.8 Å². The Balaban J connectivity index is 2.01. The highest BCUT2D eigenvalue weighted by atomic mass is 32.2. The maximum atomic E-state index is 12.3. The van der Waals surface area contributed by atoms with Crippen molar-refractivity contribution >= 4 is 36.7 Å². The summed E-state index contributed by atoms with van der Waals surface area (Å²) in [6.07, 6.45) is 0. The van der Waals surface area contributed by atoms with Gasteiger partial charge >= 0.3 is 0 Å². The Labute approximate surface area is 119 Å². The molecule has 0 saturated carbocycles. The number of sulfonamides is 1. The molecule has 0 spiro atoms. The molecule has 0 saturated heterocycles. The van der Waals surface area contributed by atoms with Crippen molar-refractivity contribution in [1.29, 1.82) is 0 Å². The molecule has 2 heterocycles. The van der Waals surface area contributed by atoms with Crippen molar-refractivity contribution in [3.8, 4) is 0 Å². The smallest absolute Gasteiger partial charge is 0.269 e. The van der Waals surface area contributed by atoms with E-state index < -0.39 is 10.0 Å². The minimum Gasteiger partial charge on any atom is -0.360 e. The molecule has 0 radical (unpaired) electrons. The summed E-state index contributed by atoms with van der Waals surface area (Å²) in [5.74, 6) is 0.260. The average Bonchev–Trinajstić information content (AvgIpc) is 2.91. The predicted molar refractivity (Wildman–Crippen MR) is 76.4 cm³/mol. The Morgan fingerprint density at radius 2 is 2.00 bits per heavy atom. The zero-order chi connectivity index (χ0) is 14.3. The van der Waals surface area contributed by atoms with Crippen LogP contribution < -0.4 is 4.72 Å². The number of nitrogens with one attached hydrogen (secondary N) is 1. The molecule has 1 N–H and O–H groups in total. The van der Waals surface area contributed by atoms with Crippen LogP contribution in [0.1, 0.15) is 11.5 Å². The Kier molecular flexibility index (Phi) is 2.98. The second-order valence-corrected chi connectivity index (χ2v) is 6.90. The summed E-state index contributed by atoms with van der Waals surface area (Å²) >= 11 is 1.28. The molecule has 0 fully saturated rings. The fourth-order valence-corrected chi connectivity index (χ4v) is 4.37. The standard InChI is InChI=1S/C12H11N3O3S2/c1-7-11(8(2)18-14-7)20(16,17)15-12-13-9-5-3-4-6-10(9)19-12/h3-6H,1-2H3,(H,13,15). The summed E-state index contributed by atoms with van der Waals surface area (Å²) < 4.78 is 33.0. The van der Waals surface area contributed by atoms with Gasteiger partial charge in [-0.15, -0.1) is 0 Å². The monoisotopic (exact) mass is 309 g/mol. The first kappa shape index (κ1) is 13.1. The molecule has 0 aliphatic carbocycles. The van der Waals surface area contributed by atoms with E-state index in [1.165, 1.54) is 11.3 Å². The summed E-state index contributed by atoms with van der Waals surface area (Å²) in [4.78, 5) is 4.31. The van der Waals surface area contributed by atoms with Crippen molar-refractivity contribution in [2.24, 2.45) is 0 Å². The number of para-hydroxylation sites is 1. The van der Waals surface area contributed by atoms with Gasteiger partial charge in [-0.1, -0.05) is 28.6 Å². The highest BCUT2D eigenvalue weighted by Gasteiger charge is 2.25. The van der Waals surface area contributed by atoms with Gasteiger partial charge in [0.25, 0.3) is 10.0 Å². The topological polar surface area (TPSA) is 85.1 Å². The van der Waals surface area contributed by atoms with Crippen molar-refractivity contribution in [3.63, 3.8) is 0 Å². The number of thiazole rings is 1. The molecule has 6 nitrogen and oxygen atoms in total. The fourth-order valence-electron chi connectivity index (χ4n) is 1.94. The fraction of sp³-hybridized carbons (Fsp3) is 0.167. The lowest BCUT2D eigenvalue weighted by Gasteiger charge is -2.03. The minimum atomic E-state index is -3.74. The predicted octanol–water partition coefficient (Wildman–Crippen LogP) is 2.70. The van der Waals surface area contributed by atoms with Crippen LogP contribution in [0.25, 0.3) is 10.2 Å². The number of aromatic nitrogens is 2. The van der Waals surface area contributed by atoms with Gasteiger partial charge in [0.1, 0.15) is 5.69 Å². The zero-order valence-electron chi connectivity index (χ0n) is 10.7. The molecule has 3 rings (SSSR count). The number of rotatable bonds is 3. The van der Waals surface area contributed by atoms with Gasteiger partial charge in [-0.25, -0.2) is 13.4 Å². The third kappa shape index (κ3) is 2.16. The number of aryl methyl sites for hydroxylation is 2. The molecular weight excluding hydrogens is 298 g/mol. The maximum absolute atomic E-state index is 12.3. The maximum Gasteiger partial charge on any atom is 0.269 e. The molecule has 1 aromatic carbocycles. The van der Waals surface area contributed by atoms with Crippen molar-refractivity contribution in [2.45, 2.75) is 18.7 Å². The van der Waals surface area contributed by atoms with Gasteiger partial charge in [0.2, 0.25) is 0 Å². The molecule has 8 heteroatoms. The first-order chi connectivity index (χ1) is 9.47. The first-order valence-corrected chi connectivity index (χ1v) is 8.08. The Morgan fingerprint density at radius 3 is 2.65 bits per heavy atom. The van der Waals surface area contributed by atoms with E-state index in [4.69, 9.17) is 4.52 Å². The van der Waals surface area contributed by atoms with Gasteiger partial charge in [-0.2, -0.15) is 0 Å². The van der Waals surface area contributed by atoms with Crippen LogP contribution in [0.4, 0.5) is 5.13 Å². The van der Waals surface area contributed by atoms with Gasteiger partial charge in [0.05, 0.1) is 10.2 Å². The summed E-state index contributed by atoms with van der Waals surface area (Å²) in [6.45, 7) is 3.15. The second kappa shape index (κ2) is 4.57. The van der Waals surface area contributed by atoms with Crippen molar-refractivity contribution < 1.29 is 12.9 Å². The molecule has 0 atom stereocenters. The van der Waals surface area contributed by atoms with Gasteiger partial charge in [-0.05, 0) is 26.0 Å². The lowest BCUT2D eigenvalue weighted by Crippen LogP contribution is -2.14. The highest BCUT2D eigenvalue weighted by molar-refractivity contribution is 7.93. The Bertz CT molecular complexity index is 828. The molecule has 0 bridgehead atoms. The average molecular weight is 309 g/mol. The Morgan fingerprint density at radius 1 is 1.25 bits per heavy atom. The number of benzene rings is 1. The van der Waals surface area contributed by atoms with Crippen LogP contribution in [0.2, 0.25) is 0 Å². The van der Waals surface area contributed by atoms with Crippen LogP contribution >= 0.6 is 11.3 Å². The van der Waals surface area contributed by atoms with E-state index in [9.17, 15) is 8.42 Å². The summed E-state index contributed by atoms with van der Waals surface area (Å²) in [6, 6.07) is 7.46. The number of nitrogens with zero attached hydrogens (tertiary/aromatic N) is 2. The van der Waals surface area contributed by atoms with Crippen LogP contribution in [0.3, 0.4) is 0 Å². The van der Waals surface area contributed by atoms with Crippen molar-refractivity contribution in [2.75, 3.05) is 4.72 Å². The van der Waals surface area contributed by atoms with Gasteiger partial charge in [0, 0.05) is 0 Å². The molecular formula is C12H11N3O3S2. The van der Waals surface area contributed by atoms with Gasteiger partial charge < -0.3 is 4.52 Å². The third-order valence-corrected chi connectivity index (χ3v) is 5.42. The Hall–Kier alpha value is -1.93. The molecule has 0 unspecified atom stereocenters. The number of anilines is 1. The SMILES string of the molecule is Cc1noc(C)c1S(=O)(=O)Nc1nc2ccccc2s1. The number of hydrogen-bond acceptors (Lipinski definition) is 6. The number of fused-ring (bicyclic) bond motifs is 1. The first-order valence-electron chi connectivity index (χ1n) is 5.78. The van der Waals surface area contributed by atoms with E-state index in [1.807, 2.05) is 24.3 Å². The van der Waals surface area contributed by atoms with E-state index >= 15 is 0 Å². The summed E-state index contributed by atoms with van der Waals surface area (Å²) in [5.41, 5.74) is 1.09. The van der Waals surface area contributed by atoms with E-state index in [2.05, 4.69) is 14.9 Å². The molecule has 3 aromatic rings. The van der Waals surface area contributed by atoms with Crippen LogP contribution in [-0.4, -0.2) is 18.6 Å². The molecule has 0 aliphatic rings. The largest absolute Gasteiger partial charge is 0.360 e. The number of hydrogen-bond donors (Lipinski definition) is 1. The minimum absolute atomic E-state index is 0.0664. The summed E-state index contributed by atoms with van der Waals surface area (Å²) in [5, 5.41) is 3.98. The normalized spacial score (nSPS) is 11.9. The zero-order valence-corrected chi connectivity index (χ0v) is 12.4. The molecule has 20 heavy (non-hydrogen) atoms. The quantitative estimate of drug-likeness (QED) is 0.804. The molecule has 104 valence electrons. The van der Waals surface area contributed by atoms with Gasteiger partial charge in [0.15, 0.2) is 15.8 Å². The summed E-state index contributed by atoms with van der Waals surface area (Å²) in [7, 11) is -3.74.